The molecule has 1 heterocycles. The highest BCUT2D eigenvalue weighted by Crippen LogP contribution is 2.56. The molecule has 120 valence electrons. The van der Waals surface area contributed by atoms with Crippen molar-refractivity contribution in [2.45, 2.75) is 38.1 Å². The highest BCUT2D eigenvalue weighted by molar-refractivity contribution is 7.76. The summed E-state index contributed by atoms with van der Waals surface area (Å²) in [6.45, 7) is 0.984. The van der Waals surface area contributed by atoms with Crippen LogP contribution in [0.4, 0.5) is 0 Å². The van der Waals surface area contributed by atoms with Crippen molar-refractivity contribution in [2.24, 2.45) is 5.92 Å². The normalized spacial score (nSPS) is 24.7. The largest absolute Gasteiger partial charge is 0.296 e. The number of hydrogen-bond acceptors (Lipinski definition) is 1. The van der Waals surface area contributed by atoms with Gasteiger partial charge in [0, 0.05) is 23.2 Å². The minimum absolute atomic E-state index is 0.504. The van der Waals surface area contributed by atoms with Gasteiger partial charge in [0.05, 0.1) is 0 Å². The highest BCUT2D eigenvalue weighted by atomic mass is 31.2. The molecule has 0 radical (unpaired) electrons. The van der Waals surface area contributed by atoms with Gasteiger partial charge in [0.25, 0.3) is 0 Å². The summed E-state index contributed by atoms with van der Waals surface area (Å²) in [6, 6.07) is 20.6. The van der Waals surface area contributed by atoms with E-state index in [1.54, 1.807) is 0 Å². The molecule has 4 rings (SSSR count). The Balaban J connectivity index is 1.63. The summed E-state index contributed by atoms with van der Waals surface area (Å²) in [4.78, 5) is 0. The summed E-state index contributed by atoms with van der Waals surface area (Å²) in [6.07, 6.45) is 6.72. The van der Waals surface area contributed by atoms with Gasteiger partial charge in [-0.2, -0.15) is 0 Å². The van der Waals surface area contributed by atoms with E-state index >= 15 is 0 Å². The Morgan fingerprint density at radius 2 is 1.39 bits per heavy atom. The maximum absolute atomic E-state index is 14.1. The Kier molecular flexibility index (Phi) is 4.13. The molecule has 1 unspecified atom stereocenters. The minimum atomic E-state index is -2.66. The second kappa shape index (κ2) is 6.26. The molecule has 2 fully saturated rings. The first-order chi connectivity index (χ1) is 11.3. The van der Waals surface area contributed by atoms with Crippen LogP contribution in [0.5, 0.6) is 0 Å². The monoisotopic (exact) mass is 325 g/mol. The van der Waals surface area contributed by atoms with Crippen molar-refractivity contribution in [1.29, 1.82) is 0 Å². The fourth-order valence-corrected chi connectivity index (χ4v) is 7.06. The molecule has 0 bridgehead atoms. The summed E-state index contributed by atoms with van der Waals surface area (Å²) in [7, 11) is -2.66. The first-order valence-electron chi connectivity index (χ1n) is 8.77. The molecule has 1 saturated heterocycles. The molecule has 1 aliphatic heterocycles. The van der Waals surface area contributed by atoms with Crippen molar-refractivity contribution < 1.29 is 4.57 Å². The molecule has 0 N–H and O–H groups in total. The Hall–Kier alpha value is -1.37. The van der Waals surface area contributed by atoms with Gasteiger partial charge in [-0.15, -0.1) is 0 Å². The fourth-order valence-electron chi connectivity index (χ4n) is 4.05. The molecule has 3 heteroatoms. The van der Waals surface area contributed by atoms with E-state index in [1.807, 2.05) is 60.7 Å². The van der Waals surface area contributed by atoms with E-state index in [4.69, 9.17) is 0 Å². The van der Waals surface area contributed by atoms with Crippen molar-refractivity contribution in [3.63, 3.8) is 0 Å². The number of rotatable bonds is 5. The van der Waals surface area contributed by atoms with Crippen LogP contribution < -0.4 is 10.6 Å². The van der Waals surface area contributed by atoms with E-state index in [0.29, 0.717) is 6.04 Å². The van der Waals surface area contributed by atoms with Crippen LogP contribution in [-0.2, 0) is 4.57 Å². The third kappa shape index (κ3) is 2.91. The zero-order chi connectivity index (χ0) is 15.7. The van der Waals surface area contributed by atoms with E-state index in [2.05, 4.69) is 4.67 Å². The van der Waals surface area contributed by atoms with E-state index in [-0.39, 0.29) is 0 Å². The zero-order valence-electron chi connectivity index (χ0n) is 13.5. The van der Waals surface area contributed by atoms with Crippen LogP contribution in [0.25, 0.3) is 0 Å². The van der Waals surface area contributed by atoms with Gasteiger partial charge in [-0.05, 0) is 36.6 Å². The lowest BCUT2D eigenvalue weighted by atomic mass is 10.0. The minimum Gasteiger partial charge on any atom is -0.296 e. The van der Waals surface area contributed by atoms with Crippen LogP contribution in [0.3, 0.4) is 0 Å². The lowest BCUT2D eigenvalue weighted by Gasteiger charge is -2.22. The SMILES string of the molecule is O=P(c1ccccc1)(c1ccccc1)N1C[C@H]1CC1CCCC1. The molecule has 2 aliphatic rings. The van der Waals surface area contributed by atoms with Crippen LogP contribution >= 0.6 is 7.29 Å². The Morgan fingerprint density at radius 1 is 0.870 bits per heavy atom. The first kappa shape index (κ1) is 15.2. The maximum atomic E-state index is 14.1. The molecule has 1 aliphatic carbocycles. The van der Waals surface area contributed by atoms with Crippen LogP contribution in [0.2, 0.25) is 0 Å². The summed E-state index contributed by atoms with van der Waals surface area (Å²) in [5.41, 5.74) is 0. The molecule has 0 spiro atoms. The van der Waals surface area contributed by atoms with E-state index in [0.717, 1.165) is 23.1 Å². The summed E-state index contributed by atoms with van der Waals surface area (Å²) in [5.74, 6) is 0.852. The highest BCUT2D eigenvalue weighted by Gasteiger charge is 2.49. The van der Waals surface area contributed by atoms with Crippen molar-refractivity contribution in [2.75, 3.05) is 6.54 Å². The smallest absolute Gasteiger partial charge is 0.207 e. The lowest BCUT2D eigenvalue weighted by molar-refractivity contribution is 0.474. The third-order valence-electron chi connectivity index (χ3n) is 5.34. The molecule has 1 saturated carbocycles. The van der Waals surface area contributed by atoms with Gasteiger partial charge in [0.15, 0.2) is 0 Å². The van der Waals surface area contributed by atoms with E-state index < -0.39 is 7.29 Å². The van der Waals surface area contributed by atoms with Crippen LogP contribution in [0.15, 0.2) is 60.7 Å². The quantitative estimate of drug-likeness (QED) is 0.607. The standard InChI is InChI=1S/C20H24NOP/c22-23(19-11-3-1-4-12-19,20-13-5-2-6-14-20)21-16-18(21)15-17-9-7-8-10-17/h1-6,11-14,17-18H,7-10,15-16H2/t18-,21?/m1/s1. The number of hydrogen-bond donors (Lipinski definition) is 0. The van der Waals surface area contributed by atoms with Crippen LogP contribution in [0, 0.1) is 5.92 Å². The predicted molar refractivity (Wildman–Crippen MR) is 96.8 cm³/mol. The van der Waals surface area contributed by atoms with Crippen molar-refractivity contribution in [1.82, 2.24) is 4.67 Å². The second-order valence-electron chi connectivity index (χ2n) is 6.91. The fraction of sp³-hybridized carbons (Fsp3) is 0.400. The van der Waals surface area contributed by atoms with Crippen molar-refractivity contribution in [3.8, 4) is 0 Å². The topological polar surface area (TPSA) is 20.1 Å². The van der Waals surface area contributed by atoms with Crippen molar-refractivity contribution in [3.05, 3.63) is 60.7 Å². The molecule has 2 aromatic rings. The van der Waals surface area contributed by atoms with Gasteiger partial charge in [-0.1, -0.05) is 62.1 Å². The Bertz CT molecular complexity index is 651. The second-order valence-corrected chi connectivity index (χ2v) is 9.61. The van der Waals surface area contributed by atoms with Gasteiger partial charge >= 0.3 is 0 Å². The van der Waals surface area contributed by atoms with Gasteiger partial charge < -0.3 is 0 Å². The maximum Gasteiger partial charge on any atom is 0.207 e. The van der Waals surface area contributed by atoms with Gasteiger partial charge in [-0.25, -0.2) is 4.67 Å². The molecular formula is C20H24NOP. The van der Waals surface area contributed by atoms with Crippen molar-refractivity contribution >= 4 is 17.9 Å². The first-order valence-corrected chi connectivity index (χ1v) is 10.4. The number of nitrogens with zero attached hydrogens (tertiary/aromatic N) is 1. The molecule has 2 nitrogen and oxygen atoms in total. The van der Waals surface area contributed by atoms with Gasteiger partial charge in [0.1, 0.15) is 0 Å². The molecule has 2 atom stereocenters. The zero-order valence-corrected chi connectivity index (χ0v) is 14.4. The number of benzene rings is 2. The lowest BCUT2D eigenvalue weighted by Crippen LogP contribution is -2.22. The van der Waals surface area contributed by atoms with Crippen LogP contribution in [-0.4, -0.2) is 17.3 Å². The third-order valence-corrected chi connectivity index (χ3v) is 8.55. The molecule has 23 heavy (non-hydrogen) atoms. The summed E-state index contributed by atoms with van der Waals surface area (Å²) in [5, 5.41) is 1.94. The Labute approximate surface area is 139 Å². The van der Waals surface area contributed by atoms with Crippen LogP contribution in [0.1, 0.15) is 32.1 Å². The predicted octanol–water partition coefficient (Wildman–Crippen LogP) is 4.18. The molecule has 0 aromatic heterocycles. The Morgan fingerprint density at radius 3 is 1.91 bits per heavy atom. The summed E-state index contributed by atoms with van der Waals surface area (Å²) < 4.78 is 16.4. The van der Waals surface area contributed by atoms with Gasteiger partial charge in [-0.3, -0.25) is 4.57 Å². The molecular weight excluding hydrogens is 301 g/mol. The average molecular weight is 325 g/mol. The summed E-state index contributed by atoms with van der Waals surface area (Å²) >= 11 is 0. The average Bonchev–Trinajstić information content (AvgIpc) is 3.19. The van der Waals surface area contributed by atoms with E-state index in [9.17, 15) is 4.57 Å². The molecule has 2 aromatic carbocycles. The van der Waals surface area contributed by atoms with Gasteiger partial charge in [0.2, 0.25) is 7.29 Å². The van der Waals surface area contributed by atoms with E-state index in [1.165, 1.54) is 32.1 Å². The molecule has 0 amide bonds.